The summed E-state index contributed by atoms with van der Waals surface area (Å²) in [6.07, 6.45) is -2.75. The van der Waals surface area contributed by atoms with Gasteiger partial charge in [-0.2, -0.15) is 13.2 Å². The Morgan fingerprint density at radius 1 is 1.38 bits per heavy atom. The molecule has 0 aromatic carbocycles. The minimum atomic E-state index is -4.67. The number of hydrogen-bond acceptors (Lipinski definition) is 5. The number of nitrogens with zero attached hydrogens (tertiary/aromatic N) is 2. The van der Waals surface area contributed by atoms with Gasteiger partial charge >= 0.3 is 6.18 Å². The van der Waals surface area contributed by atoms with E-state index in [2.05, 4.69) is 9.97 Å². The first-order chi connectivity index (χ1) is 9.79. The molecule has 4 nitrogen and oxygen atoms in total. The Morgan fingerprint density at radius 3 is 2.67 bits per heavy atom. The SMILES string of the molecule is Cc1ccsc1-c1ccnc(C(=N)C=C(N)C(F)(F)F)n1. The van der Waals surface area contributed by atoms with E-state index >= 15 is 0 Å². The van der Waals surface area contributed by atoms with Gasteiger partial charge in [-0.15, -0.1) is 11.3 Å². The number of nitrogens with two attached hydrogens (primary N) is 1. The summed E-state index contributed by atoms with van der Waals surface area (Å²) in [5.41, 5.74) is 4.62. The lowest BCUT2D eigenvalue weighted by Crippen LogP contribution is -2.21. The predicted octanol–water partition coefficient (Wildman–Crippen LogP) is 3.29. The molecule has 0 atom stereocenters. The third-order valence-electron chi connectivity index (χ3n) is 2.62. The second-order valence-electron chi connectivity index (χ2n) is 4.21. The van der Waals surface area contributed by atoms with Crippen LogP contribution in [-0.2, 0) is 0 Å². The Labute approximate surface area is 122 Å². The van der Waals surface area contributed by atoms with E-state index in [-0.39, 0.29) is 5.82 Å². The summed E-state index contributed by atoms with van der Waals surface area (Å²) in [5.74, 6) is -0.104. The molecule has 0 unspecified atom stereocenters. The van der Waals surface area contributed by atoms with Gasteiger partial charge in [-0.25, -0.2) is 9.97 Å². The highest BCUT2D eigenvalue weighted by atomic mass is 32.1. The Balaban J connectivity index is 2.34. The number of aromatic nitrogens is 2. The minimum absolute atomic E-state index is 0.104. The fraction of sp³-hybridized carbons (Fsp3) is 0.154. The molecule has 0 aliphatic carbocycles. The average molecular weight is 312 g/mol. The summed E-state index contributed by atoms with van der Waals surface area (Å²) in [7, 11) is 0. The van der Waals surface area contributed by atoms with E-state index in [0.29, 0.717) is 11.8 Å². The van der Waals surface area contributed by atoms with Gasteiger partial charge in [0, 0.05) is 6.20 Å². The van der Waals surface area contributed by atoms with Crippen LogP contribution in [0.5, 0.6) is 0 Å². The Kier molecular flexibility index (Phi) is 4.08. The number of allylic oxidation sites excluding steroid dienone is 2. The van der Waals surface area contributed by atoms with Crippen molar-refractivity contribution >= 4 is 17.0 Å². The standard InChI is InChI=1S/C13H11F3N4S/c1-7-3-5-21-11(7)9-2-4-19-12(20-9)8(17)6-10(18)13(14,15)16/h2-6,17H,18H2,1H3. The normalized spacial score (nSPS) is 12.5. The van der Waals surface area contributed by atoms with Crippen LogP contribution in [0.1, 0.15) is 11.4 Å². The molecule has 2 rings (SSSR count). The summed E-state index contributed by atoms with van der Waals surface area (Å²) in [6, 6.07) is 3.56. The predicted molar refractivity (Wildman–Crippen MR) is 75.2 cm³/mol. The van der Waals surface area contributed by atoms with Crippen molar-refractivity contribution in [2.24, 2.45) is 5.73 Å². The molecule has 110 valence electrons. The first-order valence-electron chi connectivity index (χ1n) is 5.80. The highest BCUT2D eigenvalue weighted by molar-refractivity contribution is 7.13. The third kappa shape index (κ3) is 3.46. The van der Waals surface area contributed by atoms with Crippen molar-refractivity contribution in [3.05, 3.63) is 46.9 Å². The highest BCUT2D eigenvalue weighted by Gasteiger charge is 2.31. The number of thiophene rings is 1. The average Bonchev–Trinajstić information content (AvgIpc) is 2.84. The number of rotatable bonds is 3. The smallest absolute Gasteiger partial charge is 0.395 e. The van der Waals surface area contributed by atoms with Crippen LogP contribution in [0.15, 0.2) is 35.5 Å². The van der Waals surface area contributed by atoms with Crippen LogP contribution < -0.4 is 5.73 Å². The van der Waals surface area contributed by atoms with Crippen LogP contribution in [-0.4, -0.2) is 21.9 Å². The molecule has 0 saturated carbocycles. The first kappa shape index (κ1) is 15.2. The zero-order valence-electron chi connectivity index (χ0n) is 10.9. The second kappa shape index (κ2) is 5.65. The van der Waals surface area contributed by atoms with Crippen molar-refractivity contribution in [3.8, 4) is 10.6 Å². The number of hydrogen-bond donors (Lipinski definition) is 2. The van der Waals surface area contributed by atoms with Crippen LogP contribution in [0.25, 0.3) is 10.6 Å². The Hall–Kier alpha value is -2.22. The maximum atomic E-state index is 12.4. The van der Waals surface area contributed by atoms with E-state index in [0.717, 1.165) is 10.4 Å². The van der Waals surface area contributed by atoms with Crippen molar-refractivity contribution in [1.29, 1.82) is 5.41 Å². The lowest BCUT2D eigenvalue weighted by molar-refractivity contribution is -0.0925. The molecule has 0 bridgehead atoms. The topological polar surface area (TPSA) is 75.7 Å². The van der Waals surface area contributed by atoms with Crippen molar-refractivity contribution in [1.82, 2.24) is 9.97 Å². The van der Waals surface area contributed by atoms with E-state index < -0.39 is 17.6 Å². The maximum Gasteiger partial charge on any atom is 0.430 e. The second-order valence-corrected chi connectivity index (χ2v) is 5.13. The van der Waals surface area contributed by atoms with Crippen LogP contribution in [0.3, 0.4) is 0 Å². The molecule has 0 aliphatic rings. The summed E-state index contributed by atoms with van der Waals surface area (Å²) in [5, 5.41) is 9.53. The fourth-order valence-electron chi connectivity index (χ4n) is 1.55. The molecule has 0 spiro atoms. The lowest BCUT2D eigenvalue weighted by atomic mass is 10.2. The van der Waals surface area contributed by atoms with Crippen LogP contribution in [0.4, 0.5) is 13.2 Å². The van der Waals surface area contributed by atoms with Gasteiger partial charge in [-0.1, -0.05) is 0 Å². The number of halogens is 3. The number of alkyl halides is 3. The minimum Gasteiger partial charge on any atom is -0.395 e. The molecular weight excluding hydrogens is 301 g/mol. The number of aryl methyl sites for hydroxylation is 1. The molecule has 0 amide bonds. The quantitative estimate of drug-likeness (QED) is 0.854. The van der Waals surface area contributed by atoms with Gasteiger partial charge < -0.3 is 5.73 Å². The zero-order chi connectivity index (χ0) is 15.6. The van der Waals surface area contributed by atoms with Gasteiger partial charge in [0.25, 0.3) is 0 Å². The van der Waals surface area contributed by atoms with Crippen LogP contribution in [0, 0.1) is 12.3 Å². The maximum absolute atomic E-state index is 12.4. The Bertz CT molecular complexity index is 703. The molecule has 0 radical (unpaired) electrons. The van der Waals surface area contributed by atoms with Crippen molar-refractivity contribution < 1.29 is 13.2 Å². The number of nitrogens with one attached hydrogen (secondary N) is 1. The van der Waals surface area contributed by atoms with Crippen molar-refractivity contribution in [3.63, 3.8) is 0 Å². The van der Waals surface area contributed by atoms with E-state index in [4.69, 9.17) is 11.1 Å². The summed E-state index contributed by atoms with van der Waals surface area (Å²) in [6.45, 7) is 1.90. The van der Waals surface area contributed by atoms with Crippen molar-refractivity contribution in [2.75, 3.05) is 0 Å². The Morgan fingerprint density at radius 2 is 2.10 bits per heavy atom. The molecule has 8 heteroatoms. The molecular formula is C13H11F3N4S. The highest BCUT2D eigenvalue weighted by Crippen LogP contribution is 2.27. The molecule has 2 heterocycles. The summed E-state index contributed by atoms with van der Waals surface area (Å²) >= 11 is 1.46. The van der Waals surface area contributed by atoms with Gasteiger partial charge in [-0.05, 0) is 36.1 Å². The van der Waals surface area contributed by atoms with Crippen LogP contribution in [0.2, 0.25) is 0 Å². The van der Waals surface area contributed by atoms with Crippen molar-refractivity contribution in [2.45, 2.75) is 13.1 Å². The molecule has 0 fully saturated rings. The zero-order valence-corrected chi connectivity index (χ0v) is 11.7. The van der Waals surface area contributed by atoms with Gasteiger partial charge in [0.1, 0.15) is 11.4 Å². The van der Waals surface area contributed by atoms with E-state index in [1.54, 1.807) is 6.07 Å². The molecule has 3 N–H and O–H groups in total. The third-order valence-corrected chi connectivity index (χ3v) is 3.66. The molecule has 2 aromatic rings. The molecule has 21 heavy (non-hydrogen) atoms. The monoisotopic (exact) mass is 312 g/mol. The fourth-order valence-corrected chi connectivity index (χ4v) is 2.45. The van der Waals surface area contributed by atoms with Gasteiger partial charge in [0.15, 0.2) is 5.82 Å². The van der Waals surface area contributed by atoms with E-state index in [1.165, 1.54) is 17.5 Å². The molecule has 0 saturated heterocycles. The first-order valence-corrected chi connectivity index (χ1v) is 6.68. The van der Waals surface area contributed by atoms with E-state index in [1.807, 2.05) is 18.4 Å². The van der Waals surface area contributed by atoms with E-state index in [9.17, 15) is 13.2 Å². The molecule has 0 aliphatic heterocycles. The van der Waals surface area contributed by atoms with Crippen LogP contribution >= 0.6 is 11.3 Å². The largest absolute Gasteiger partial charge is 0.430 e. The van der Waals surface area contributed by atoms with Gasteiger partial charge in [0.05, 0.1) is 10.6 Å². The van der Waals surface area contributed by atoms with Gasteiger partial charge in [0.2, 0.25) is 0 Å². The summed E-state index contributed by atoms with van der Waals surface area (Å²) in [4.78, 5) is 8.82. The summed E-state index contributed by atoms with van der Waals surface area (Å²) < 4.78 is 37.1. The van der Waals surface area contributed by atoms with Gasteiger partial charge in [-0.3, -0.25) is 5.41 Å². The lowest BCUT2D eigenvalue weighted by Gasteiger charge is -2.06. The molecule has 2 aromatic heterocycles.